The van der Waals surface area contributed by atoms with Gasteiger partial charge in [-0.1, -0.05) is 0 Å². The molecule has 0 aromatic heterocycles. The first-order valence-electron chi connectivity index (χ1n) is 8.58. The van der Waals surface area contributed by atoms with Gasteiger partial charge in [-0.2, -0.15) is 0 Å². The Labute approximate surface area is 142 Å². The maximum absolute atomic E-state index is 12.2. The van der Waals surface area contributed by atoms with E-state index in [9.17, 15) is 19.5 Å². The molecule has 0 spiro atoms. The molecule has 2 saturated heterocycles. The van der Waals surface area contributed by atoms with Crippen LogP contribution < -0.4 is 5.32 Å². The molecule has 0 saturated carbocycles. The van der Waals surface area contributed by atoms with E-state index in [4.69, 9.17) is 0 Å². The summed E-state index contributed by atoms with van der Waals surface area (Å²) in [5, 5.41) is 11.8. The number of nitrogens with one attached hydrogen (secondary N) is 1. The number of carbonyl (C=O) groups is 3. The Morgan fingerprint density at radius 3 is 2.38 bits per heavy atom. The first kappa shape index (κ1) is 18.5. The number of likely N-dealkylation sites (tertiary alicyclic amines) is 2. The van der Waals surface area contributed by atoms with Crippen LogP contribution in [0.5, 0.6) is 0 Å². The summed E-state index contributed by atoms with van der Waals surface area (Å²) in [5.74, 6) is -1.03. The molecule has 0 unspecified atom stereocenters. The van der Waals surface area contributed by atoms with Crippen LogP contribution in [0.25, 0.3) is 0 Å². The lowest BCUT2D eigenvalue weighted by Crippen LogP contribution is -2.52. The lowest BCUT2D eigenvalue weighted by molar-refractivity contribution is -0.144. The van der Waals surface area contributed by atoms with Crippen molar-refractivity contribution in [2.45, 2.75) is 31.7 Å². The van der Waals surface area contributed by atoms with E-state index >= 15 is 0 Å². The number of piperidine rings is 2. The van der Waals surface area contributed by atoms with Gasteiger partial charge >= 0.3 is 12.0 Å². The quantitative estimate of drug-likeness (QED) is 0.754. The van der Waals surface area contributed by atoms with Gasteiger partial charge in [0.1, 0.15) is 0 Å². The standard InChI is InChI=1S/C16H28N4O4/c1-18(2)16(24)17-10-14(21)19-8-5-13(6-9-19)20-7-3-4-12(11-20)15(22)23/h12-13H,3-11H2,1-2H3,(H,17,24)(H,22,23)/t12-/m0/s1. The summed E-state index contributed by atoms with van der Waals surface area (Å²) < 4.78 is 0. The van der Waals surface area contributed by atoms with E-state index in [1.165, 1.54) is 4.90 Å². The van der Waals surface area contributed by atoms with Gasteiger partial charge in [-0.05, 0) is 32.2 Å². The summed E-state index contributed by atoms with van der Waals surface area (Å²) in [6.07, 6.45) is 3.40. The van der Waals surface area contributed by atoms with Gasteiger partial charge in [-0.3, -0.25) is 14.5 Å². The van der Waals surface area contributed by atoms with Crippen LogP contribution >= 0.6 is 0 Å². The van der Waals surface area contributed by atoms with E-state index in [-0.39, 0.29) is 24.4 Å². The summed E-state index contributed by atoms with van der Waals surface area (Å²) in [6.45, 7) is 2.91. The molecule has 0 bridgehead atoms. The molecular formula is C16H28N4O4. The Balaban J connectivity index is 1.75. The summed E-state index contributed by atoms with van der Waals surface area (Å²) in [6, 6.07) is 0.0823. The number of aliphatic carboxylic acids is 1. The van der Waals surface area contributed by atoms with Crippen LogP contribution in [0.15, 0.2) is 0 Å². The summed E-state index contributed by atoms with van der Waals surface area (Å²) in [4.78, 5) is 40.3. The summed E-state index contributed by atoms with van der Waals surface area (Å²) >= 11 is 0. The van der Waals surface area contributed by atoms with E-state index in [2.05, 4.69) is 10.2 Å². The fourth-order valence-corrected chi connectivity index (χ4v) is 3.44. The van der Waals surface area contributed by atoms with Crippen LogP contribution in [0.4, 0.5) is 4.79 Å². The summed E-state index contributed by atoms with van der Waals surface area (Å²) in [7, 11) is 3.27. The van der Waals surface area contributed by atoms with Crippen LogP contribution in [0.1, 0.15) is 25.7 Å². The van der Waals surface area contributed by atoms with Crippen LogP contribution in [-0.2, 0) is 9.59 Å². The lowest BCUT2D eigenvalue weighted by atomic mass is 9.94. The van der Waals surface area contributed by atoms with Gasteiger partial charge in [0.05, 0.1) is 12.5 Å². The van der Waals surface area contributed by atoms with Gasteiger partial charge < -0.3 is 20.2 Å². The lowest BCUT2D eigenvalue weighted by Gasteiger charge is -2.41. The number of hydrogen-bond acceptors (Lipinski definition) is 4. The molecule has 2 rings (SSSR count). The summed E-state index contributed by atoms with van der Waals surface area (Å²) in [5.41, 5.74) is 0. The minimum Gasteiger partial charge on any atom is -0.481 e. The van der Waals surface area contributed by atoms with Gasteiger partial charge in [-0.25, -0.2) is 4.79 Å². The van der Waals surface area contributed by atoms with Crippen molar-refractivity contribution in [1.29, 1.82) is 0 Å². The zero-order valence-electron chi connectivity index (χ0n) is 14.5. The molecule has 2 heterocycles. The van der Waals surface area contributed by atoms with Gasteiger partial charge in [0, 0.05) is 39.8 Å². The molecule has 0 aliphatic carbocycles. The van der Waals surface area contributed by atoms with Crippen molar-refractivity contribution in [2.75, 3.05) is 46.8 Å². The highest BCUT2D eigenvalue weighted by Gasteiger charge is 2.32. The molecule has 24 heavy (non-hydrogen) atoms. The number of amides is 3. The smallest absolute Gasteiger partial charge is 0.317 e. The monoisotopic (exact) mass is 340 g/mol. The molecule has 8 nitrogen and oxygen atoms in total. The maximum Gasteiger partial charge on any atom is 0.317 e. The zero-order valence-corrected chi connectivity index (χ0v) is 14.5. The number of carbonyl (C=O) groups excluding carboxylic acids is 2. The Hall–Kier alpha value is -1.83. The molecule has 8 heteroatoms. The second kappa shape index (κ2) is 8.32. The van der Waals surface area contributed by atoms with E-state index < -0.39 is 5.97 Å². The van der Waals surface area contributed by atoms with Crippen molar-refractivity contribution in [2.24, 2.45) is 5.92 Å². The molecule has 2 N–H and O–H groups in total. The van der Waals surface area contributed by atoms with Crippen LogP contribution in [0, 0.1) is 5.92 Å². The van der Waals surface area contributed by atoms with E-state index in [1.807, 2.05) is 0 Å². The van der Waals surface area contributed by atoms with Crippen LogP contribution in [0.3, 0.4) is 0 Å². The predicted molar refractivity (Wildman–Crippen MR) is 88.6 cm³/mol. The predicted octanol–water partition coefficient (Wildman–Crippen LogP) is 0.0452. The Morgan fingerprint density at radius 1 is 1.12 bits per heavy atom. The molecule has 2 fully saturated rings. The SMILES string of the molecule is CN(C)C(=O)NCC(=O)N1CCC(N2CCC[C@H](C(=O)O)C2)CC1. The van der Waals surface area contributed by atoms with Gasteiger partial charge in [0.2, 0.25) is 5.91 Å². The molecule has 0 aromatic carbocycles. The fourth-order valence-electron chi connectivity index (χ4n) is 3.44. The fraction of sp³-hybridized carbons (Fsp3) is 0.812. The van der Waals surface area contributed by atoms with E-state index in [0.29, 0.717) is 25.7 Å². The molecule has 1 atom stereocenters. The average Bonchev–Trinajstić information content (AvgIpc) is 2.59. The van der Waals surface area contributed by atoms with E-state index in [0.717, 1.165) is 32.2 Å². The van der Waals surface area contributed by atoms with E-state index in [1.54, 1.807) is 19.0 Å². The first-order valence-corrected chi connectivity index (χ1v) is 8.58. The molecule has 0 aromatic rings. The average molecular weight is 340 g/mol. The van der Waals surface area contributed by atoms with Crippen molar-refractivity contribution in [3.8, 4) is 0 Å². The molecule has 2 aliphatic rings. The highest BCUT2D eigenvalue weighted by molar-refractivity contribution is 5.83. The topological polar surface area (TPSA) is 93.2 Å². The highest BCUT2D eigenvalue weighted by atomic mass is 16.4. The Kier molecular flexibility index (Phi) is 6.42. The highest BCUT2D eigenvalue weighted by Crippen LogP contribution is 2.24. The van der Waals surface area contributed by atoms with Crippen LogP contribution in [-0.4, -0.2) is 90.6 Å². The number of carboxylic acid groups (broad SMARTS) is 1. The second-order valence-corrected chi connectivity index (χ2v) is 6.84. The van der Waals surface area contributed by atoms with Gasteiger partial charge in [-0.15, -0.1) is 0 Å². The van der Waals surface area contributed by atoms with Gasteiger partial charge in [0.15, 0.2) is 0 Å². The zero-order chi connectivity index (χ0) is 17.7. The minimum absolute atomic E-state index is 0.0203. The van der Waals surface area contributed by atoms with Crippen molar-refractivity contribution < 1.29 is 19.5 Å². The Bertz CT molecular complexity index is 475. The van der Waals surface area contributed by atoms with Crippen LogP contribution in [0.2, 0.25) is 0 Å². The molecule has 136 valence electrons. The molecule has 3 amide bonds. The van der Waals surface area contributed by atoms with Crippen molar-refractivity contribution in [1.82, 2.24) is 20.0 Å². The maximum atomic E-state index is 12.2. The number of rotatable bonds is 4. The first-order chi connectivity index (χ1) is 11.4. The molecule has 0 radical (unpaired) electrons. The van der Waals surface area contributed by atoms with Crippen molar-refractivity contribution in [3.63, 3.8) is 0 Å². The third kappa shape index (κ3) is 4.83. The third-order valence-corrected chi connectivity index (χ3v) is 4.93. The molecular weight excluding hydrogens is 312 g/mol. The Morgan fingerprint density at radius 2 is 1.79 bits per heavy atom. The number of urea groups is 1. The van der Waals surface area contributed by atoms with Crippen molar-refractivity contribution >= 4 is 17.9 Å². The molecule has 2 aliphatic heterocycles. The third-order valence-electron chi connectivity index (χ3n) is 4.93. The normalized spacial score (nSPS) is 22.9. The number of nitrogens with zero attached hydrogens (tertiary/aromatic N) is 3. The number of carboxylic acids is 1. The van der Waals surface area contributed by atoms with Gasteiger partial charge in [0.25, 0.3) is 0 Å². The number of hydrogen-bond donors (Lipinski definition) is 2. The second-order valence-electron chi connectivity index (χ2n) is 6.84. The minimum atomic E-state index is -0.705. The van der Waals surface area contributed by atoms with Crippen molar-refractivity contribution in [3.05, 3.63) is 0 Å². The largest absolute Gasteiger partial charge is 0.481 e.